The van der Waals surface area contributed by atoms with Gasteiger partial charge in [-0.3, -0.25) is 5.10 Å². The van der Waals surface area contributed by atoms with Crippen LogP contribution in [0.1, 0.15) is 0 Å². The van der Waals surface area contributed by atoms with Gasteiger partial charge in [-0.25, -0.2) is 19.5 Å². The van der Waals surface area contributed by atoms with Gasteiger partial charge in [-0.15, -0.1) is 0 Å². The number of rotatable bonds is 1. The van der Waals surface area contributed by atoms with Crippen molar-refractivity contribution in [3.63, 3.8) is 0 Å². The van der Waals surface area contributed by atoms with Crippen molar-refractivity contribution in [1.29, 1.82) is 0 Å². The molecule has 85 valence electrons. The molecule has 0 fully saturated rings. The van der Waals surface area contributed by atoms with Crippen LogP contribution in [0.15, 0.2) is 30.9 Å². The summed E-state index contributed by atoms with van der Waals surface area (Å²) in [5.74, 6) is 0.539. The molecular weight excluding hydrogens is 230 g/mol. The Labute approximate surface area is 101 Å². The van der Waals surface area contributed by atoms with E-state index in [0.717, 1.165) is 11.0 Å². The van der Waals surface area contributed by atoms with E-state index in [9.17, 15) is 0 Å². The smallest absolute Gasteiger partial charge is 0.165 e. The van der Waals surface area contributed by atoms with E-state index < -0.39 is 0 Å². The molecule has 7 nitrogen and oxygen atoms in total. The van der Waals surface area contributed by atoms with E-state index in [1.807, 2.05) is 0 Å². The van der Waals surface area contributed by atoms with Crippen molar-refractivity contribution in [2.75, 3.05) is 0 Å². The maximum atomic E-state index is 4.36. The Balaban J connectivity index is 1.93. The molecule has 0 saturated heterocycles. The molecule has 18 heavy (non-hydrogen) atoms. The number of nitrogens with one attached hydrogen (secondary N) is 1. The number of hydrogen-bond acceptors (Lipinski definition) is 5. The largest absolute Gasteiger partial charge is 0.261 e. The third-order valence-corrected chi connectivity index (χ3v) is 2.62. The third-order valence-electron chi connectivity index (χ3n) is 2.62. The van der Waals surface area contributed by atoms with Crippen LogP contribution in [0.5, 0.6) is 0 Å². The number of aromatic nitrogens is 7. The van der Waals surface area contributed by atoms with E-state index in [4.69, 9.17) is 0 Å². The quantitative estimate of drug-likeness (QED) is 0.530. The van der Waals surface area contributed by atoms with E-state index in [1.54, 1.807) is 35.4 Å². The van der Waals surface area contributed by atoms with Crippen molar-refractivity contribution in [3.05, 3.63) is 37.1 Å². The standard InChI is InChI=1S/C11H6N7/c1-2-15-18-6-8(4-12-9(1)18)10-13-3-7-5-14-17-11(7)16-10/h1-3,5-6H,(H,13,14,16,17). The molecule has 0 aromatic carbocycles. The van der Waals surface area contributed by atoms with Crippen molar-refractivity contribution in [3.8, 4) is 11.4 Å². The van der Waals surface area contributed by atoms with E-state index >= 15 is 0 Å². The number of fused-ring (bicyclic) bond motifs is 2. The second-order valence-electron chi connectivity index (χ2n) is 3.77. The van der Waals surface area contributed by atoms with Gasteiger partial charge in [0.1, 0.15) is 6.20 Å². The minimum absolute atomic E-state index is 0.539. The Morgan fingerprint density at radius 3 is 3.28 bits per heavy atom. The predicted octanol–water partition coefficient (Wildman–Crippen LogP) is 0.863. The van der Waals surface area contributed by atoms with Crippen molar-refractivity contribution in [2.24, 2.45) is 0 Å². The Morgan fingerprint density at radius 1 is 1.28 bits per heavy atom. The lowest BCUT2D eigenvalue weighted by Crippen LogP contribution is -1.95. The highest BCUT2D eigenvalue weighted by atomic mass is 15.2. The molecule has 0 aliphatic carbocycles. The number of nitrogens with zero attached hydrogens (tertiary/aromatic N) is 6. The highest BCUT2D eigenvalue weighted by Crippen LogP contribution is 2.15. The molecule has 0 unspecified atom stereocenters. The zero-order chi connectivity index (χ0) is 11.9. The zero-order valence-electron chi connectivity index (χ0n) is 9.07. The minimum atomic E-state index is 0.539. The third kappa shape index (κ3) is 1.27. The summed E-state index contributed by atoms with van der Waals surface area (Å²) in [5, 5.41) is 11.7. The first-order valence-electron chi connectivity index (χ1n) is 5.29. The van der Waals surface area contributed by atoms with E-state index in [-0.39, 0.29) is 0 Å². The summed E-state index contributed by atoms with van der Waals surface area (Å²) < 4.78 is 1.66. The predicted molar refractivity (Wildman–Crippen MR) is 62.5 cm³/mol. The van der Waals surface area contributed by atoms with Crippen LogP contribution in [-0.2, 0) is 0 Å². The van der Waals surface area contributed by atoms with Crippen LogP contribution in [0.2, 0.25) is 0 Å². The van der Waals surface area contributed by atoms with Crippen molar-refractivity contribution in [1.82, 2.24) is 34.8 Å². The molecule has 0 amide bonds. The molecule has 7 heteroatoms. The summed E-state index contributed by atoms with van der Waals surface area (Å²) in [4.78, 5) is 12.8. The van der Waals surface area contributed by atoms with Gasteiger partial charge in [-0.2, -0.15) is 10.2 Å². The Bertz CT molecular complexity index is 772. The summed E-state index contributed by atoms with van der Waals surface area (Å²) >= 11 is 0. The van der Waals surface area contributed by atoms with Gasteiger partial charge >= 0.3 is 0 Å². The van der Waals surface area contributed by atoms with Gasteiger partial charge in [-0.05, 0) is 0 Å². The number of hydrogen-bond donors (Lipinski definition) is 1. The lowest BCUT2D eigenvalue weighted by Gasteiger charge is -1.99. The first kappa shape index (κ1) is 9.23. The minimum Gasteiger partial charge on any atom is -0.261 e. The molecule has 0 spiro atoms. The molecule has 1 N–H and O–H groups in total. The molecule has 4 heterocycles. The van der Waals surface area contributed by atoms with Gasteiger partial charge < -0.3 is 0 Å². The van der Waals surface area contributed by atoms with Gasteiger partial charge in [0.05, 0.1) is 23.3 Å². The highest BCUT2D eigenvalue weighted by Gasteiger charge is 2.06. The lowest BCUT2D eigenvalue weighted by atomic mass is 10.3. The first-order chi connectivity index (χ1) is 8.90. The van der Waals surface area contributed by atoms with Gasteiger partial charge in [0.15, 0.2) is 17.1 Å². The van der Waals surface area contributed by atoms with Crippen LogP contribution in [0.4, 0.5) is 0 Å². The van der Waals surface area contributed by atoms with Crippen molar-refractivity contribution >= 4 is 16.7 Å². The van der Waals surface area contributed by atoms with Crippen molar-refractivity contribution < 1.29 is 0 Å². The fourth-order valence-corrected chi connectivity index (χ4v) is 1.74. The molecule has 1 radical (unpaired) electrons. The average molecular weight is 236 g/mol. The molecule has 4 rings (SSSR count). The average Bonchev–Trinajstić information content (AvgIpc) is 3.05. The zero-order valence-corrected chi connectivity index (χ0v) is 9.07. The Morgan fingerprint density at radius 2 is 2.28 bits per heavy atom. The summed E-state index contributed by atoms with van der Waals surface area (Å²) in [6.07, 6.45) is 9.76. The maximum absolute atomic E-state index is 4.36. The molecular formula is C11H6N7. The monoisotopic (exact) mass is 236 g/mol. The number of H-pyrrole nitrogens is 1. The van der Waals surface area contributed by atoms with Gasteiger partial charge in [0.25, 0.3) is 0 Å². The van der Waals surface area contributed by atoms with Crippen LogP contribution in [0.25, 0.3) is 28.1 Å². The second kappa shape index (κ2) is 3.33. The normalized spacial score (nSPS) is 11.3. The van der Waals surface area contributed by atoms with Gasteiger partial charge in [0, 0.05) is 18.5 Å². The Hall–Kier alpha value is -2.83. The summed E-state index contributed by atoms with van der Waals surface area (Å²) in [6, 6.07) is 1.80. The number of aromatic amines is 1. The van der Waals surface area contributed by atoms with Gasteiger partial charge in [0.2, 0.25) is 0 Å². The first-order valence-corrected chi connectivity index (χ1v) is 5.29. The molecule has 0 aliphatic rings. The molecule has 0 atom stereocenters. The van der Waals surface area contributed by atoms with Crippen LogP contribution < -0.4 is 0 Å². The van der Waals surface area contributed by atoms with E-state index in [0.29, 0.717) is 17.0 Å². The van der Waals surface area contributed by atoms with Crippen LogP contribution in [0.3, 0.4) is 0 Å². The highest BCUT2D eigenvalue weighted by molar-refractivity contribution is 5.74. The van der Waals surface area contributed by atoms with E-state index in [1.165, 1.54) is 0 Å². The fourth-order valence-electron chi connectivity index (χ4n) is 1.74. The Kier molecular flexibility index (Phi) is 1.71. The molecule has 0 saturated carbocycles. The summed E-state index contributed by atoms with van der Waals surface area (Å²) in [7, 11) is 0. The lowest BCUT2D eigenvalue weighted by molar-refractivity contribution is 0.936. The van der Waals surface area contributed by atoms with Crippen LogP contribution in [-0.4, -0.2) is 34.8 Å². The second-order valence-corrected chi connectivity index (χ2v) is 3.77. The van der Waals surface area contributed by atoms with Crippen LogP contribution >= 0.6 is 0 Å². The van der Waals surface area contributed by atoms with Crippen LogP contribution in [0, 0.1) is 6.20 Å². The summed E-state index contributed by atoms with van der Waals surface area (Å²) in [5.41, 5.74) is 2.11. The molecule has 0 bridgehead atoms. The van der Waals surface area contributed by atoms with Gasteiger partial charge in [-0.1, -0.05) is 0 Å². The topological polar surface area (TPSA) is 84.6 Å². The molecule has 4 aromatic heterocycles. The SMILES string of the molecule is [c]1nc2ccnn2cc1-c1ncc2cn[nH]c2n1. The summed E-state index contributed by atoms with van der Waals surface area (Å²) in [6.45, 7) is 0. The fraction of sp³-hybridized carbons (Fsp3) is 0. The molecule has 0 aliphatic heterocycles. The molecule has 4 aromatic rings. The van der Waals surface area contributed by atoms with Crippen molar-refractivity contribution in [2.45, 2.75) is 0 Å². The maximum Gasteiger partial charge on any atom is 0.165 e. The van der Waals surface area contributed by atoms with E-state index in [2.05, 4.69) is 36.4 Å².